The molecule has 118 valence electrons. The van der Waals surface area contributed by atoms with Gasteiger partial charge in [-0.25, -0.2) is 0 Å². The quantitative estimate of drug-likeness (QED) is 0.828. The van der Waals surface area contributed by atoms with Crippen LogP contribution in [0.4, 0.5) is 0 Å². The first-order valence-electron chi connectivity index (χ1n) is 6.99. The lowest BCUT2D eigenvalue weighted by molar-refractivity contribution is 0.378. The maximum Gasteiger partial charge on any atom is 0.282 e. The second kappa shape index (κ2) is 7.25. The van der Waals surface area contributed by atoms with Gasteiger partial charge in [0.2, 0.25) is 0 Å². The van der Waals surface area contributed by atoms with E-state index in [0.29, 0.717) is 24.5 Å². The molecule has 1 aliphatic heterocycles. The zero-order chi connectivity index (χ0) is 16.2. The molecule has 22 heavy (non-hydrogen) atoms. The summed E-state index contributed by atoms with van der Waals surface area (Å²) in [6.45, 7) is 0.937. The summed E-state index contributed by atoms with van der Waals surface area (Å²) in [6.07, 6.45) is 2.71. The second-order valence-electron chi connectivity index (χ2n) is 5.05. The van der Waals surface area contributed by atoms with E-state index in [9.17, 15) is 8.42 Å². The molecule has 0 fully saturated rings. The van der Waals surface area contributed by atoms with Gasteiger partial charge < -0.3 is 0 Å². The third-order valence-corrected chi connectivity index (χ3v) is 5.93. The van der Waals surface area contributed by atoms with Crippen molar-refractivity contribution >= 4 is 27.4 Å². The van der Waals surface area contributed by atoms with E-state index in [1.807, 2.05) is 36.4 Å². The summed E-state index contributed by atoms with van der Waals surface area (Å²) >= 11 is 6.18. The molecule has 0 radical (unpaired) electrons. The van der Waals surface area contributed by atoms with Crippen LogP contribution in [0.1, 0.15) is 18.4 Å². The van der Waals surface area contributed by atoms with Crippen molar-refractivity contribution in [3.63, 3.8) is 0 Å². The van der Waals surface area contributed by atoms with Gasteiger partial charge in [0.05, 0.1) is 6.07 Å². The van der Waals surface area contributed by atoms with Crippen LogP contribution in [0.25, 0.3) is 5.57 Å². The van der Waals surface area contributed by atoms with Crippen LogP contribution >= 0.6 is 11.6 Å². The predicted octanol–water partition coefficient (Wildman–Crippen LogP) is 2.52. The molecule has 2 rings (SSSR count). The summed E-state index contributed by atoms with van der Waals surface area (Å²) in [5, 5.41) is 9.25. The highest BCUT2D eigenvalue weighted by Gasteiger charge is 2.28. The highest BCUT2D eigenvalue weighted by molar-refractivity contribution is 7.86. The molecule has 0 saturated heterocycles. The maximum atomic E-state index is 12.4. The molecule has 0 atom stereocenters. The van der Waals surface area contributed by atoms with Gasteiger partial charge in [0, 0.05) is 38.1 Å². The molecular weight excluding hydrogens is 322 g/mol. The van der Waals surface area contributed by atoms with Gasteiger partial charge in [0.1, 0.15) is 0 Å². The molecular formula is C15H18ClN3O2S. The Bertz CT molecular complexity index is 710. The van der Waals surface area contributed by atoms with Gasteiger partial charge in [-0.1, -0.05) is 35.9 Å². The van der Waals surface area contributed by atoms with Crippen molar-refractivity contribution < 1.29 is 8.42 Å². The van der Waals surface area contributed by atoms with E-state index in [-0.39, 0.29) is 13.0 Å². The molecule has 0 amide bonds. The van der Waals surface area contributed by atoms with Crippen molar-refractivity contribution in [3.05, 3.63) is 40.9 Å². The van der Waals surface area contributed by atoms with Crippen molar-refractivity contribution in [2.24, 2.45) is 0 Å². The third kappa shape index (κ3) is 3.68. The summed E-state index contributed by atoms with van der Waals surface area (Å²) in [6, 6.07) is 9.52. The zero-order valence-electron chi connectivity index (χ0n) is 12.4. The number of halogens is 1. The van der Waals surface area contributed by atoms with E-state index in [0.717, 1.165) is 11.1 Å². The molecule has 0 saturated carbocycles. The van der Waals surface area contributed by atoms with Gasteiger partial charge >= 0.3 is 0 Å². The third-order valence-electron chi connectivity index (χ3n) is 3.65. The molecule has 0 bridgehead atoms. The molecule has 0 aromatic heterocycles. The number of benzene rings is 1. The highest BCUT2D eigenvalue weighted by atomic mass is 35.5. The van der Waals surface area contributed by atoms with Crippen molar-refractivity contribution in [1.29, 1.82) is 5.26 Å². The summed E-state index contributed by atoms with van der Waals surface area (Å²) in [5.74, 6) is 0. The molecule has 0 aliphatic carbocycles. The lowest BCUT2D eigenvalue weighted by atomic mass is 10.0. The van der Waals surface area contributed by atoms with E-state index >= 15 is 0 Å². The summed E-state index contributed by atoms with van der Waals surface area (Å²) < 4.78 is 27.4. The zero-order valence-corrected chi connectivity index (χ0v) is 13.9. The molecule has 7 heteroatoms. The van der Waals surface area contributed by atoms with Gasteiger partial charge in [-0.05, 0) is 23.6 Å². The Morgan fingerprint density at radius 1 is 1.41 bits per heavy atom. The van der Waals surface area contributed by atoms with Crippen molar-refractivity contribution in [2.45, 2.75) is 12.8 Å². The minimum absolute atomic E-state index is 0.185. The van der Waals surface area contributed by atoms with Crippen LogP contribution in [0.15, 0.2) is 30.3 Å². The van der Waals surface area contributed by atoms with E-state index in [1.165, 1.54) is 15.7 Å². The minimum atomic E-state index is -3.51. The number of hydrogen-bond acceptors (Lipinski definition) is 3. The van der Waals surface area contributed by atoms with E-state index < -0.39 is 10.2 Å². The van der Waals surface area contributed by atoms with Crippen LogP contribution in [-0.2, 0) is 10.2 Å². The van der Waals surface area contributed by atoms with Crippen LogP contribution in [0.3, 0.4) is 0 Å². The Morgan fingerprint density at radius 3 is 2.73 bits per heavy atom. The van der Waals surface area contributed by atoms with E-state index in [1.54, 1.807) is 0 Å². The second-order valence-corrected chi connectivity index (χ2v) is 7.50. The SMILES string of the molecule is CN(CCC#N)S(=O)(=O)N1CC=C(c2ccccc2Cl)CC1. The molecule has 0 spiro atoms. The predicted molar refractivity (Wildman–Crippen MR) is 87.4 cm³/mol. The molecule has 1 aromatic rings. The number of nitriles is 1. The minimum Gasteiger partial charge on any atom is -0.198 e. The molecule has 1 heterocycles. The first-order chi connectivity index (χ1) is 10.5. The summed E-state index contributed by atoms with van der Waals surface area (Å²) in [5.41, 5.74) is 2.02. The van der Waals surface area contributed by atoms with Gasteiger partial charge in [-0.2, -0.15) is 22.3 Å². The summed E-state index contributed by atoms with van der Waals surface area (Å²) in [4.78, 5) is 0. The van der Waals surface area contributed by atoms with Crippen molar-refractivity contribution in [3.8, 4) is 6.07 Å². The topological polar surface area (TPSA) is 64.4 Å². The Morgan fingerprint density at radius 2 is 2.14 bits per heavy atom. The van der Waals surface area contributed by atoms with Crippen LogP contribution in [0, 0.1) is 11.3 Å². The normalized spacial score (nSPS) is 16.4. The molecule has 1 aromatic carbocycles. The van der Waals surface area contributed by atoms with Gasteiger partial charge in [-0.15, -0.1) is 0 Å². The Hall–Kier alpha value is -1.39. The number of hydrogen-bond donors (Lipinski definition) is 0. The Kier molecular flexibility index (Phi) is 5.59. The molecule has 1 aliphatic rings. The lowest BCUT2D eigenvalue weighted by Crippen LogP contribution is -2.44. The maximum absolute atomic E-state index is 12.4. The highest BCUT2D eigenvalue weighted by Crippen LogP contribution is 2.29. The van der Waals surface area contributed by atoms with E-state index in [4.69, 9.17) is 16.9 Å². The fourth-order valence-electron chi connectivity index (χ4n) is 2.35. The fraction of sp³-hybridized carbons (Fsp3) is 0.400. The largest absolute Gasteiger partial charge is 0.282 e. The fourth-order valence-corrected chi connectivity index (χ4v) is 3.90. The average molecular weight is 340 g/mol. The van der Waals surface area contributed by atoms with Crippen LogP contribution in [0.2, 0.25) is 5.02 Å². The smallest absolute Gasteiger partial charge is 0.198 e. The lowest BCUT2D eigenvalue weighted by Gasteiger charge is -2.29. The Labute approximate surface area is 136 Å². The number of rotatable bonds is 5. The summed E-state index contributed by atoms with van der Waals surface area (Å²) in [7, 11) is -2.01. The standard InChI is InChI=1S/C15H18ClN3O2S/c1-18(10-4-9-17)22(20,21)19-11-7-13(8-12-19)14-5-2-3-6-15(14)16/h2-3,5-7H,4,8,10-12H2,1H3. The van der Waals surface area contributed by atoms with Crippen molar-refractivity contribution in [2.75, 3.05) is 26.7 Å². The monoisotopic (exact) mass is 339 g/mol. The Balaban J connectivity index is 2.11. The van der Waals surface area contributed by atoms with E-state index in [2.05, 4.69) is 0 Å². The van der Waals surface area contributed by atoms with Crippen molar-refractivity contribution in [1.82, 2.24) is 8.61 Å². The first kappa shape index (κ1) is 17.0. The molecule has 5 nitrogen and oxygen atoms in total. The number of nitrogens with zero attached hydrogens (tertiary/aromatic N) is 3. The molecule has 0 N–H and O–H groups in total. The van der Waals surface area contributed by atoms with Crippen LogP contribution in [0.5, 0.6) is 0 Å². The van der Waals surface area contributed by atoms with Gasteiger partial charge in [0.25, 0.3) is 10.2 Å². The van der Waals surface area contributed by atoms with Crippen LogP contribution in [-0.4, -0.2) is 43.7 Å². The van der Waals surface area contributed by atoms with Crippen LogP contribution < -0.4 is 0 Å². The molecule has 0 unspecified atom stereocenters. The van der Waals surface area contributed by atoms with Gasteiger partial charge in [0.15, 0.2) is 0 Å². The van der Waals surface area contributed by atoms with Gasteiger partial charge in [-0.3, -0.25) is 0 Å². The first-order valence-corrected chi connectivity index (χ1v) is 8.76. The average Bonchev–Trinajstić information content (AvgIpc) is 2.53.